The zero-order valence-corrected chi connectivity index (χ0v) is 9.90. The molecule has 1 unspecified atom stereocenters. The molecule has 0 fully saturated rings. The summed E-state index contributed by atoms with van der Waals surface area (Å²) in [6.07, 6.45) is 1.25. The molecule has 76 valence electrons. The summed E-state index contributed by atoms with van der Waals surface area (Å²) in [4.78, 5) is 10.3. The van der Waals surface area contributed by atoms with Crippen LogP contribution in [0.4, 0.5) is 4.39 Å². The van der Waals surface area contributed by atoms with Crippen molar-refractivity contribution in [1.82, 2.24) is 0 Å². The number of aldehydes is 1. The van der Waals surface area contributed by atoms with Gasteiger partial charge in [0.15, 0.2) is 5.82 Å². The van der Waals surface area contributed by atoms with Crippen molar-refractivity contribution in [2.75, 3.05) is 0 Å². The molecule has 0 aromatic heterocycles. The molecule has 0 saturated carbocycles. The van der Waals surface area contributed by atoms with Crippen molar-refractivity contribution in [3.63, 3.8) is 0 Å². The molecule has 1 aromatic rings. The largest absolute Gasteiger partial charge is 0.303 e. The molecule has 1 nitrogen and oxygen atoms in total. The Morgan fingerprint density at radius 1 is 1.64 bits per heavy atom. The fourth-order valence-corrected chi connectivity index (χ4v) is 1.96. The lowest BCUT2D eigenvalue weighted by Gasteiger charge is -2.09. The second kappa shape index (κ2) is 4.89. The summed E-state index contributed by atoms with van der Waals surface area (Å²) in [6.45, 7) is 1.89. The number of hydrogen-bond donors (Lipinski definition) is 0. The van der Waals surface area contributed by atoms with Crippen molar-refractivity contribution < 1.29 is 9.18 Å². The third-order valence-corrected chi connectivity index (χ3v) is 2.88. The maximum Gasteiger partial charge on any atom is 0.155 e. The smallest absolute Gasteiger partial charge is 0.155 e. The minimum absolute atomic E-state index is 0.0573. The molecule has 0 saturated heterocycles. The van der Waals surface area contributed by atoms with Gasteiger partial charge in [0.25, 0.3) is 0 Å². The Kier molecular flexibility index (Phi) is 4.08. The van der Waals surface area contributed by atoms with Gasteiger partial charge in [0.05, 0.1) is 9.50 Å². The highest BCUT2D eigenvalue weighted by molar-refractivity contribution is 9.10. The van der Waals surface area contributed by atoms with Crippen LogP contribution in [0.5, 0.6) is 0 Å². The first-order valence-corrected chi connectivity index (χ1v) is 5.31. The first kappa shape index (κ1) is 11.7. The highest BCUT2D eigenvalue weighted by Crippen LogP contribution is 2.29. The van der Waals surface area contributed by atoms with Crippen molar-refractivity contribution in [2.24, 2.45) is 0 Å². The van der Waals surface area contributed by atoms with E-state index >= 15 is 0 Å². The van der Waals surface area contributed by atoms with E-state index < -0.39 is 5.82 Å². The zero-order valence-electron chi connectivity index (χ0n) is 7.56. The Hall–Kier alpha value is -0.410. The number of benzene rings is 1. The molecule has 0 aliphatic rings. The molecule has 0 N–H and O–H groups in total. The average Bonchev–Trinajstić information content (AvgIpc) is 2.13. The van der Waals surface area contributed by atoms with Gasteiger partial charge in [-0.05, 0) is 39.5 Å². The van der Waals surface area contributed by atoms with E-state index in [9.17, 15) is 9.18 Å². The maximum absolute atomic E-state index is 13.1. The number of carbonyl (C=O) groups excluding carboxylic acids is 1. The highest BCUT2D eigenvalue weighted by Gasteiger charge is 2.11. The van der Waals surface area contributed by atoms with Crippen molar-refractivity contribution >= 4 is 33.8 Å². The van der Waals surface area contributed by atoms with Gasteiger partial charge in [-0.2, -0.15) is 0 Å². The summed E-state index contributed by atoms with van der Waals surface area (Å²) in [5, 5.41) is 0.0760. The van der Waals surface area contributed by atoms with Crippen LogP contribution in [0.2, 0.25) is 5.02 Å². The van der Waals surface area contributed by atoms with Crippen LogP contribution in [0.1, 0.15) is 24.8 Å². The van der Waals surface area contributed by atoms with E-state index in [0.717, 1.165) is 11.8 Å². The average molecular weight is 280 g/mol. The lowest BCUT2D eigenvalue weighted by molar-refractivity contribution is -0.108. The second-order valence-electron chi connectivity index (χ2n) is 3.10. The normalized spacial score (nSPS) is 12.6. The van der Waals surface area contributed by atoms with E-state index in [2.05, 4.69) is 15.9 Å². The van der Waals surface area contributed by atoms with Gasteiger partial charge in [-0.1, -0.05) is 18.5 Å². The van der Waals surface area contributed by atoms with Gasteiger partial charge in [-0.25, -0.2) is 4.39 Å². The van der Waals surface area contributed by atoms with E-state index in [1.807, 2.05) is 6.92 Å². The van der Waals surface area contributed by atoms with E-state index in [0.29, 0.717) is 10.9 Å². The molecule has 0 aliphatic heterocycles. The molecule has 0 spiro atoms. The minimum atomic E-state index is -0.464. The fraction of sp³-hybridized carbons (Fsp3) is 0.300. The minimum Gasteiger partial charge on any atom is -0.303 e. The third kappa shape index (κ3) is 2.55. The van der Waals surface area contributed by atoms with Crippen LogP contribution >= 0.6 is 27.5 Å². The zero-order chi connectivity index (χ0) is 10.7. The summed E-state index contributed by atoms with van der Waals surface area (Å²) in [5.41, 5.74) is 0.857. The van der Waals surface area contributed by atoms with E-state index in [4.69, 9.17) is 11.6 Å². The quantitative estimate of drug-likeness (QED) is 0.605. The summed E-state index contributed by atoms with van der Waals surface area (Å²) in [7, 11) is 0. The maximum atomic E-state index is 13.1. The van der Waals surface area contributed by atoms with Gasteiger partial charge in [0.2, 0.25) is 0 Å². The lowest BCUT2D eigenvalue weighted by Crippen LogP contribution is -1.95. The van der Waals surface area contributed by atoms with Crippen LogP contribution < -0.4 is 0 Å². The van der Waals surface area contributed by atoms with Gasteiger partial charge >= 0.3 is 0 Å². The van der Waals surface area contributed by atoms with Crippen LogP contribution in [0.15, 0.2) is 16.6 Å². The summed E-state index contributed by atoms with van der Waals surface area (Å²) in [6, 6.07) is 3.20. The lowest BCUT2D eigenvalue weighted by atomic mass is 9.99. The molecule has 1 aromatic carbocycles. The second-order valence-corrected chi connectivity index (χ2v) is 4.36. The van der Waals surface area contributed by atoms with Crippen molar-refractivity contribution in [3.05, 3.63) is 33.0 Å². The summed E-state index contributed by atoms with van der Waals surface area (Å²) < 4.78 is 13.4. The molecule has 0 bridgehead atoms. The Morgan fingerprint density at radius 3 is 2.79 bits per heavy atom. The highest BCUT2D eigenvalue weighted by atomic mass is 79.9. The predicted octanol–water partition coefficient (Wildman–Crippen LogP) is 3.93. The van der Waals surface area contributed by atoms with Crippen molar-refractivity contribution in [3.8, 4) is 0 Å². The molecular formula is C10H9BrClFO. The third-order valence-electron chi connectivity index (χ3n) is 2.02. The topological polar surface area (TPSA) is 17.1 Å². The molecule has 0 amide bonds. The van der Waals surface area contributed by atoms with Gasteiger partial charge in [-0.15, -0.1) is 0 Å². The SMILES string of the molecule is CC(CC=O)c1cc(Cl)c(F)c(Br)c1. The van der Waals surface area contributed by atoms with Crippen molar-refractivity contribution in [1.29, 1.82) is 0 Å². The van der Waals surface area contributed by atoms with E-state index in [1.54, 1.807) is 12.1 Å². The molecule has 4 heteroatoms. The summed E-state index contributed by atoms with van der Waals surface area (Å²) in [5.74, 6) is -0.407. The van der Waals surface area contributed by atoms with E-state index in [-0.39, 0.29) is 10.9 Å². The molecule has 0 aliphatic carbocycles. The van der Waals surface area contributed by atoms with Gasteiger partial charge in [0, 0.05) is 6.42 Å². The van der Waals surface area contributed by atoms with Gasteiger partial charge in [-0.3, -0.25) is 0 Å². The molecule has 0 radical (unpaired) electrons. The molecule has 14 heavy (non-hydrogen) atoms. The number of rotatable bonds is 3. The predicted molar refractivity (Wildman–Crippen MR) is 58.2 cm³/mol. The Balaban J connectivity index is 3.05. The van der Waals surface area contributed by atoms with Gasteiger partial charge < -0.3 is 4.79 Å². The summed E-state index contributed by atoms with van der Waals surface area (Å²) >= 11 is 8.74. The monoisotopic (exact) mass is 278 g/mol. The van der Waals surface area contributed by atoms with Crippen LogP contribution in [-0.4, -0.2) is 6.29 Å². The number of hydrogen-bond acceptors (Lipinski definition) is 1. The standard InChI is InChI=1S/C10H9BrClFO/c1-6(2-3-14)7-4-8(11)10(13)9(12)5-7/h3-6H,2H2,1H3. The first-order valence-electron chi connectivity index (χ1n) is 4.14. The Bertz CT molecular complexity index is 331. The molecular weight excluding hydrogens is 270 g/mol. The first-order chi connectivity index (χ1) is 6.56. The fourth-order valence-electron chi connectivity index (χ4n) is 1.14. The van der Waals surface area contributed by atoms with Crippen LogP contribution in [0.3, 0.4) is 0 Å². The van der Waals surface area contributed by atoms with Crippen LogP contribution in [0, 0.1) is 5.82 Å². The van der Waals surface area contributed by atoms with Crippen molar-refractivity contribution in [2.45, 2.75) is 19.3 Å². The van der Waals surface area contributed by atoms with E-state index in [1.165, 1.54) is 0 Å². The number of carbonyl (C=O) groups is 1. The van der Waals surface area contributed by atoms with Crippen LogP contribution in [0.25, 0.3) is 0 Å². The molecule has 1 rings (SSSR count). The van der Waals surface area contributed by atoms with Gasteiger partial charge in [0.1, 0.15) is 6.29 Å². The Labute approximate surface area is 95.4 Å². The van der Waals surface area contributed by atoms with Crippen LogP contribution in [-0.2, 0) is 4.79 Å². The molecule has 0 heterocycles. The Morgan fingerprint density at radius 2 is 2.29 bits per heavy atom. The molecule has 1 atom stereocenters. The number of halogens is 3.